The molecule has 1 aliphatic carbocycles. The fraction of sp³-hybridized carbons (Fsp3) is 0.680. The van der Waals surface area contributed by atoms with Crippen LogP contribution in [0.1, 0.15) is 63.4 Å². The van der Waals surface area contributed by atoms with Gasteiger partial charge in [-0.05, 0) is 64.7 Å². The number of rotatable bonds is 6. The van der Waals surface area contributed by atoms with E-state index in [-0.39, 0.29) is 17.7 Å². The van der Waals surface area contributed by atoms with Crippen LogP contribution in [0.4, 0.5) is 5.69 Å². The lowest BCUT2D eigenvalue weighted by molar-refractivity contribution is -0.137. The molecule has 3 heterocycles. The number of amides is 2. The van der Waals surface area contributed by atoms with Gasteiger partial charge in [-0.2, -0.15) is 0 Å². The van der Waals surface area contributed by atoms with E-state index in [9.17, 15) is 9.59 Å². The highest BCUT2D eigenvalue weighted by atomic mass is 16.2. The van der Waals surface area contributed by atoms with Gasteiger partial charge in [-0.15, -0.1) is 0 Å². The topological polar surface area (TPSA) is 64.7 Å². The summed E-state index contributed by atoms with van der Waals surface area (Å²) in [5, 5.41) is 6.28. The molecule has 1 spiro atoms. The first-order valence-corrected chi connectivity index (χ1v) is 12.3. The van der Waals surface area contributed by atoms with Crippen LogP contribution in [-0.2, 0) is 15.1 Å². The van der Waals surface area contributed by atoms with E-state index in [1.165, 1.54) is 32.1 Å². The van der Waals surface area contributed by atoms with Crippen molar-refractivity contribution in [3.8, 4) is 0 Å². The summed E-state index contributed by atoms with van der Waals surface area (Å²) in [4.78, 5) is 31.6. The number of benzene rings is 1. The molecule has 0 radical (unpaired) electrons. The molecule has 3 fully saturated rings. The van der Waals surface area contributed by atoms with E-state index in [4.69, 9.17) is 0 Å². The Bertz CT molecular complexity index is 837. The van der Waals surface area contributed by atoms with Crippen LogP contribution >= 0.6 is 0 Å². The van der Waals surface area contributed by atoms with Crippen molar-refractivity contribution in [3.05, 3.63) is 29.8 Å². The molecule has 4 aliphatic rings. The van der Waals surface area contributed by atoms with Gasteiger partial charge in [0.1, 0.15) is 5.54 Å². The van der Waals surface area contributed by atoms with Crippen molar-refractivity contribution < 1.29 is 9.59 Å². The van der Waals surface area contributed by atoms with Crippen molar-refractivity contribution in [3.63, 3.8) is 0 Å². The molecule has 1 aromatic carbocycles. The molecule has 3 unspecified atom stereocenters. The lowest BCUT2D eigenvalue weighted by Gasteiger charge is -2.36. The Morgan fingerprint density at radius 1 is 1.19 bits per heavy atom. The summed E-state index contributed by atoms with van der Waals surface area (Å²) in [5.41, 5.74) is 1.02. The summed E-state index contributed by atoms with van der Waals surface area (Å²) < 4.78 is 0. The normalized spacial score (nSPS) is 30.6. The fourth-order valence-corrected chi connectivity index (χ4v) is 6.75. The molecule has 6 heteroatoms. The number of nitrogens with zero attached hydrogens (tertiary/aromatic N) is 2. The molecule has 31 heavy (non-hydrogen) atoms. The molecular weight excluding hydrogens is 388 g/mol. The maximum absolute atomic E-state index is 13.4. The lowest BCUT2D eigenvalue weighted by Crippen LogP contribution is -2.54. The minimum absolute atomic E-state index is 0.0183. The summed E-state index contributed by atoms with van der Waals surface area (Å²) in [5.74, 6) is -0.297. The highest BCUT2D eigenvalue weighted by molar-refractivity contribution is 6.09. The van der Waals surface area contributed by atoms with E-state index < -0.39 is 5.54 Å². The molecule has 1 saturated carbocycles. The smallest absolute Gasteiger partial charge is 0.250 e. The van der Waals surface area contributed by atoms with E-state index >= 15 is 0 Å². The van der Waals surface area contributed by atoms with Crippen LogP contribution in [0.5, 0.6) is 0 Å². The highest BCUT2D eigenvalue weighted by Crippen LogP contribution is 2.55. The van der Waals surface area contributed by atoms with Gasteiger partial charge >= 0.3 is 0 Å². The van der Waals surface area contributed by atoms with Gasteiger partial charge in [0.2, 0.25) is 11.8 Å². The molecule has 0 aromatic heterocycles. The third-order valence-electron chi connectivity index (χ3n) is 8.28. The minimum Gasteiger partial charge on any atom is -0.356 e. The number of para-hydroxylation sites is 1. The van der Waals surface area contributed by atoms with Crippen LogP contribution in [-0.4, -0.2) is 60.4 Å². The van der Waals surface area contributed by atoms with Gasteiger partial charge in [-0.1, -0.05) is 37.5 Å². The van der Waals surface area contributed by atoms with Gasteiger partial charge in [-0.25, -0.2) is 0 Å². The van der Waals surface area contributed by atoms with Crippen molar-refractivity contribution in [1.82, 2.24) is 15.1 Å². The predicted molar refractivity (Wildman–Crippen MR) is 122 cm³/mol. The molecule has 6 nitrogen and oxygen atoms in total. The summed E-state index contributed by atoms with van der Waals surface area (Å²) in [6.07, 6.45) is 10.6. The Balaban J connectivity index is 1.26. The summed E-state index contributed by atoms with van der Waals surface area (Å²) in [6.45, 7) is 2.58. The number of fused-ring (bicyclic) bond motifs is 4. The predicted octanol–water partition coefficient (Wildman–Crippen LogP) is 3.09. The second-order valence-electron chi connectivity index (χ2n) is 9.96. The van der Waals surface area contributed by atoms with E-state index in [0.29, 0.717) is 18.6 Å². The van der Waals surface area contributed by atoms with E-state index in [2.05, 4.69) is 27.5 Å². The fourth-order valence-electron chi connectivity index (χ4n) is 6.75. The monoisotopic (exact) mass is 424 g/mol. The van der Waals surface area contributed by atoms with Crippen molar-refractivity contribution in [2.24, 2.45) is 5.92 Å². The average Bonchev–Trinajstić information content (AvgIpc) is 3.46. The van der Waals surface area contributed by atoms with Crippen LogP contribution in [0.2, 0.25) is 0 Å². The van der Waals surface area contributed by atoms with Gasteiger partial charge in [0, 0.05) is 29.9 Å². The number of anilines is 1. The summed E-state index contributed by atoms with van der Waals surface area (Å²) in [6, 6.07) is 8.96. The van der Waals surface area contributed by atoms with E-state index in [1.807, 2.05) is 24.3 Å². The van der Waals surface area contributed by atoms with E-state index in [0.717, 1.165) is 50.0 Å². The van der Waals surface area contributed by atoms with Crippen molar-refractivity contribution >= 4 is 17.5 Å². The number of hydrogen-bond donors (Lipinski definition) is 2. The third-order valence-corrected chi connectivity index (χ3v) is 8.28. The van der Waals surface area contributed by atoms with Crippen LogP contribution in [0.3, 0.4) is 0 Å². The molecule has 3 aliphatic heterocycles. The highest BCUT2D eigenvalue weighted by Gasteiger charge is 2.65. The zero-order valence-corrected chi connectivity index (χ0v) is 18.7. The quantitative estimate of drug-likeness (QED) is 0.689. The Kier molecular flexibility index (Phi) is 5.78. The standard InChI is InChI=1S/C25H36N4O2/c1-28(18-9-3-2-4-10-18)15-8-14-26-23(30)21-17-19-11-7-16-29(19)25(21)20-12-5-6-13-22(20)27-24(25)31/h5-6,12-13,18-19,21H,2-4,7-11,14-17H2,1H3,(H,26,30)(H,27,31). The first-order chi connectivity index (χ1) is 15.1. The van der Waals surface area contributed by atoms with Gasteiger partial charge in [0.25, 0.3) is 0 Å². The molecule has 2 N–H and O–H groups in total. The Labute approximate surface area is 185 Å². The lowest BCUT2D eigenvalue weighted by atomic mass is 9.78. The Hall–Kier alpha value is -1.92. The number of nitrogens with one attached hydrogen (secondary N) is 2. The Morgan fingerprint density at radius 3 is 2.84 bits per heavy atom. The molecule has 168 valence electrons. The zero-order chi connectivity index (χ0) is 21.4. The number of carbonyl (C=O) groups is 2. The first kappa shape index (κ1) is 21.0. The molecular formula is C25H36N4O2. The molecule has 2 amide bonds. The SMILES string of the molecule is CN(CCCNC(=O)C1CC2CCCN2C12C(=O)Nc1ccccc12)C1CCCCC1. The zero-order valence-electron chi connectivity index (χ0n) is 18.7. The van der Waals surface area contributed by atoms with Crippen LogP contribution in [0.25, 0.3) is 0 Å². The minimum atomic E-state index is -0.833. The maximum atomic E-state index is 13.4. The van der Waals surface area contributed by atoms with Crippen molar-refractivity contribution in [2.75, 3.05) is 32.0 Å². The third kappa shape index (κ3) is 3.48. The van der Waals surface area contributed by atoms with Crippen LogP contribution in [0.15, 0.2) is 24.3 Å². The largest absolute Gasteiger partial charge is 0.356 e. The average molecular weight is 425 g/mol. The van der Waals surface area contributed by atoms with Gasteiger partial charge in [0.15, 0.2) is 0 Å². The van der Waals surface area contributed by atoms with Gasteiger partial charge < -0.3 is 15.5 Å². The number of hydrogen-bond acceptors (Lipinski definition) is 4. The molecule has 3 atom stereocenters. The number of carbonyl (C=O) groups excluding carboxylic acids is 2. The molecule has 0 bridgehead atoms. The van der Waals surface area contributed by atoms with Crippen molar-refractivity contribution in [1.29, 1.82) is 0 Å². The molecule has 2 saturated heterocycles. The van der Waals surface area contributed by atoms with Crippen LogP contribution < -0.4 is 10.6 Å². The van der Waals surface area contributed by atoms with Crippen molar-refractivity contribution in [2.45, 2.75) is 75.4 Å². The second-order valence-corrected chi connectivity index (χ2v) is 9.96. The summed E-state index contributed by atoms with van der Waals surface area (Å²) in [7, 11) is 2.22. The van der Waals surface area contributed by atoms with E-state index in [1.54, 1.807) is 0 Å². The second kappa shape index (κ2) is 8.55. The maximum Gasteiger partial charge on any atom is 0.250 e. The van der Waals surface area contributed by atoms with Crippen LogP contribution in [0, 0.1) is 5.92 Å². The molecule has 1 aromatic rings. The van der Waals surface area contributed by atoms with Gasteiger partial charge in [0.05, 0.1) is 5.92 Å². The first-order valence-electron chi connectivity index (χ1n) is 12.3. The summed E-state index contributed by atoms with van der Waals surface area (Å²) >= 11 is 0. The Morgan fingerprint density at radius 2 is 2.00 bits per heavy atom. The molecule has 5 rings (SSSR count). The van der Waals surface area contributed by atoms with Gasteiger partial charge in [-0.3, -0.25) is 14.5 Å².